The molecule has 6 nitrogen and oxygen atoms in total. The molecule has 0 aliphatic carbocycles. The number of carbonyl (C=O) groups is 2. The van der Waals surface area contributed by atoms with Crippen molar-refractivity contribution in [3.8, 4) is 11.5 Å². The van der Waals surface area contributed by atoms with Gasteiger partial charge in [0.25, 0.3) is 11.8 Å². The monoisotopic (exact) mass is 448 g/mol. The highest BCUT2D eigenvalue weighted by Crippen LogP contribution is 2.40. The Bertz CT molecular complexity index is 1070. The van der Waals surface area contributed by atoms with Crippen molar-refractivity contribution in [3.63, 3.8) is 0 Å². The molecule has 0 aromatic heterocycles. The lowest BCUT2D eigenvalue weighted by molar-refractivity contribution is -0.120. The average Bonchev–Trinajstić information content (AvgIpc) is 3.08. The van der Waals surface area contributed by atoms with E-state index >= 15 is 0 Å². The molecule has 0 N–H and O–H groups in total. The number of aryl methyl sites for hydroxylation is 1. The van der Waals surface area contributed by atoms with E-state index in [2.05, 4.69) is 18.7 Å². The Morgan fingerprint density at radius 2 is 1.70 bits per heavy atom. The maximum Gasteiger partial charge on any atom is 0.282 e. The molecule has 2 heterocycles. The highest BCUT2D eigenvalue weighted by molar-refractivity contribution is 6.45. The van der Waals surface area contributed by atoms with Crippen LogP contribution in [-0.2, 0) is 9.59 Å². The van der Waals surface area contributed by atoms with Gasteiger partial charge >= 0.3 is 0 Å². The number of benzene rings is 2. The largest absolute Gasteiger partial charge is 0.495 e. The average molecular weight is 449 g/mol. The first-order valence-corrected chi connectivity index (χ1v) is 11.7. The molecule has 174 valence electrons. The van der Waals surface area contributed by atoms with Crippen molar-refractivity contribution in [2.75, 3.05) is 31.7 Å². The van der Waals surface area contributed by atoms with Crippen LogP contribution in [0, 0.1) is 12.8 Å². The minimum Gasteiger partial charge on any atom is -0.495 e. The summed E-state index contributed by atoms with van der Waals surface area (Å²) in [4.78, 5) is 31.0. The molecule has 6 heteroatoms. The van der Waals surface area contributed by atoms with E-state index in [1.807, 2.05) is 43.3 Å². The van der Waals surface area contributed by atoms with Crippen molar-refractivity contribution < 1.29 is 19.1 Å². The Labute approximate surface area is 195 Å². The SMILES string of the molecule is CCCOc1ccc(C2=C(N3CCC(C)CC3)C(=O)N(c3cc(C)ccc3OC)C2=O)cc1. The van der Waals surface area contributed by atoms with Crippen molar-refractivity contribution in [1.29, 1.82) is 0 Å². The number of imide groups is 1. The van der Waals surface area contributed by atoms with Crippen LogP contribution in [0.5, 0.6) is 11.5 Å². The molecule has 1 saturated heterocycles. The van der Waals surface area contributed by atoms with Crippen molar-refractivity contribution in [1.82, 2.24) is 4.90 Å². The van der Waals surface area contributed by atoms with Gasteiger partial charge in [-0.25, -0.2) is 4.90 Å². The second-order valence-electron chi connectivity index (χ2n) is 8.89. The third-order valence-electron chi connectivity index (χ3n) is 6.35. The number of hydrogen-bond donors (Lipinski definition) is 0. The Kier molecular flexibility index (Phi) is 6.72. The standard InChI is InChI=1S/C27H32N2O4/c1-5-16-33-21-9-7-20(8-10-21)24-25(28-14-12-18(2)13-15-28)27(31)29(26(24)30)22-17-19(3)6-11-23(22)32-4/h6-11,17-18H,5,12-16H2,1-4H3. The molecular formula is C27H32N2O4. The second kappa shape index (κ2) is 9.69. The van der Waals surface area contributed by atoms with Crippen LogP contribution >= 0.6 is 0 Å². The van der Waals surface area contributed by atoms with Gasteiger partial charge in [-0.1, -0.05) is 32.0 Å². The molecule has 0 radical (unpaired) electrons. The van der Waals surface area contributed by atoms with Crippen molar-refractivity contribution in [3.05, 3.63) is 59.3 Å². The van der Waals surface area contributed by atoms with Crippen LogP contribution < -0.4 is 14.4 Å². The molecular weight excluding hydrogens is 416 g/mol. The van der Waals surface area contributed by atoms with E-state index in [0.717, 1.165) is 49.2 Å². The number of nitrogens with zero attached hydrogens (tertiary/aromatic N) is 2. The minimum atomic E-state index is -0.320. The number of anilines is 1. The van der Waals surface area contributed by atoms with Crippen LogP contribution in [-0.4, -0.2) is 43.5 Å². The lowest BCUT2D eigenvalue weighted by Crippen LogP contribution is -2.38. The fraction of sp³-hybridized carbons (Fsp3) is 0.407. The maximum atomic E-state index is 13.8. The Balaban J connectivity index is 1.78. The summed E-state index contributed by atoms with van der Waals surface area (Å²) in [7, 11) is 1.55. The second-order valence-corrected chi connectivity index (χ2v) is 8.89. The molecule has 0 saturated carbocycles. The molecule has 2 amide bonds. The molecule has 2 aliphatic rings. The van der Waals surface area contributed by atoms with Gasteiger partial charge in [-0.05, 0) is 67.5 Å². The summed E-state index contributed by atoms with van der Waals surface area (Å²) in [5.74, 6) is 1.25. The topological polar surface area (TPSA) is 59.1 Å². The van der Waals surface area contributed by atoms with E-state index in [4.69, 9.17) is 9.47 Å². The highest BCUT2D eigenvalue weighted by Gasteiger charge is 2.44. The first-order chi connectivity index (χ1) is 15.9. The van der Waals surface area contributed by atoms with Crippen molar-refractivity contribution in [2.24, 2.45) is 5.92 Å². The number of rotatable bonds is 7. The van der Waals surface area contributed by atoms with Gasteiger partial charge in [0, 0.05) is 13.1 Å². The van der Waals surface area contributed by atoms with Gasteiger partial charge in [0.2, 0.25) is 0 Å². The molecule has 2 aromatic carbocycles. The predicted octanol–water partition coefficient (Wildman–Crippen LogP) is 4.81. The molecule has 0 atom stereocenters. The van der Waals surface area contributed by atoms with E-state index < -0.39 is 0 Å². The molecule has 0 spiro atoms. The molecule has 4 rings (SSSR count). The lowest BCUT2D eigenvalue weighted by atomic mass is 9.97. The summed E-state index contributed by atoms with van der Waals surface area (Å²) in [6.45, 7) is 8.38. The van der Waals surface area contributed by atoms with Gasteiger partial charge in [-0.2, -0.15) is 0 Å². The zero-order valence-corrected chi connectivity index (χ0v) is 19.9. The third kappa shape index (κ3) is 4.47. The number of carbonyl (C=O) groups excluding carboxylic acids is 2. The Morgan fingerprint density at radius 3 is 2.33 bits per heavy atom. The van der Waals surface area contributed by atoms with Gasteiger partial charge < -0.3 is 14.4 Å². The maximum absolute atomic E-state index is 13.8. The summed E-state index contributed by atoms with van der Waals surface area (Å²) in [6, 6.07) is 13.0. The number of likely N-dealkylation sites (tertiary alicyclic amines) is 1. The zero-order chi connectivity index (χ0) is 23.5. The number of hydrogen-bond acceptors (Lipinski definition) is 5. The fourth-order valence-electron chi connectivity index (χ4n) is 4.44. The van der Waals surface area contributed by atoms with Gasteiger partial charge in [-0.15, -0.1) is 0 Å². The van der Waals surface area contributed by atoms with Crippen LogP contribution in [0.25, 0.3) is 5.57 Å². The molecule has 33 heavy (non-hydrogen) atoms. The number of ether oxygens (including phenoxy) is 2. The van der Waals surface area contributed by atoms with E-state index in [1.165, 1.54) is 4.90 Å². The van der Waals surface area contributed by atoms with Crippen LogP contribution in [0.4, 0.5) is 5.69 Å². The molecule has 0 bridgehead atoms. The number of amides is 2. The quantitative estimate of drug-likeness (QED) is 0.569. The van der Waals surface area contributed by atoms with Crippen molar-refractivity contribution >= 4 is 23.1 Å². The molecule has 0 unspecified atom stereocenters. The summed E-state index contributed by atoms with van der Waals surface area (Å²) in [5, 5.41) is 0. The van der Waals surface area contributed by atoms with E-state index in [-0.39, 0.29) is 11.8 Å². The van der Waals surface area contributed by atoms with Gasteiger partial charge in [-0.3, -0.25) is 9.59 Å². The Hall–Kier alpha value is -3.28. The Morgan fingerprint density at radius 1 is 1.00 bits per heavy atom. The smallest absolute Gasteiger partial charge is 0.282 e. The van der Waals surface area contributed by atoms with Crippen LogP contribution in [0.2, 0.25) is 0 Å². The van der Waals surface area contributed by atoms with E-state index in [0.29, 0.717) is 35.2 Å². The molecule has 2 aromatic rings. The summed E-state index contributed by atoms with van der Waals surface area (Å²) < 4.78 is 11.2. The van der Waals surface area contributed by atoms with Gasteiger partial charge in [0.15, 0.2) is 0 Å². The van der Waals surface area contributed by atoms with Crippen LogP contribution in [0.1, 0.15) is 44.2 Å². The zero-order valence-electron chi connectivity index (χ0n) is 19.9. The van der Waals surface area contributed by atoms with E-state index in [9.17, 15) is 9.59 Å². The van der Waals surface area contributed by atoms with Crippen LogP contribution in [0.3, 0.4) is 0 Å². The fourth-order valence-corrected chi connectivity index (χ4v) is 4.44. The summed E-state index contributed by atoms with van der Waals surface area (Å²) in [6.07, 6.45) is 2.91. The minimum absolute atomic E-state index is 0.292. The number of methoxy groups -OCH3 is 1. The molecule has 1 fully saturated rings. The third-order valence-corrected chi connectivity index (χ3v) is 6.35. The van der Waals surface area contributed by atoms with Gasteiger partial charge in [0.05, 0.1) is 25.0 Å². The first kappa shape index (κ1) is 22.9. The highest BCUT2D eigenvalue weighted by atomic mass is 16.5. The van der Waals surface area contributed by atoms with E-state index in [1.54, 1.807) is 13.2 Å². The molecule has 2 aliphatic heterocycles. The summed E-state index contributed by atoms with van der Waals surface area (Å²) >= 11 is 0. The van der Waals surface area contributed by atoms with Gasteiger partial charge in [0.1, 0.15) is 17.2 Å². The number of piperidine rings is 1. The normalized spacial score (nSPS) is 17.2. The first-order valence-electron chi connectivity index (χ1n) is 11.7. The summed E-state index contributed by atoms with van der Waals surface area (Å²) in [5.41, 5.74) is 3.08. The van der Waals surface area contributed by atoms with Crippen molar-refractivity contribution in [2.45, 2.75) is 40.0 Å². The van der Waals surface area contributed by atoms with Crippen LogP contribution in [0.15, 0.2) is 48.2 Å². The predicted molar refractivity (Wildman–Crippen MR) is 129 cm³/mol. The lowest BCUT2D eigenvalue weighted by Gasteiger charge is -2.32.